The Bertz CT molecular complexity index is 110. The van der Waals surface area contributed by atoms with Crippen molar-refractivity contribution in [2.24, 2.45) is 0 Å². The zero-order valence-corrected chi connectivity index (χ0v) is 7.62. The van der Waals surface area contributed by atoms with Gasteiger partial charge in [-0.25, -0.2) is 0 Å². The van der Waals surface area contributed by atoms with E-state index >= 15 is 0 Å². The fourth-order valence-electron chi connectivity index (χ4n) is 0.0902. The van der Waals surface area contributed by atoms with Gasteiger partial charge in [-0.3, -0.25) is 0 Å². The summed E-state index contributed by atoms with van der Waals surface area (Å²) in [5.41, 5.74) is 0. The summed E-state index contributed by atoms with van der Waals surface area (Å²) in [6.45, 7) is 1.58. The van der Waals surface area contributed by atoms with Gasteiger partial charge in [-0.15, -0.1) is 0 Å². The minimum atomic E-state index is -0.845. The van der Waals surface area contributed by atoms with Crippen LogP contribution in [0.25, 0.3) is 0 Å². The molecule has 1 unspecified atom stereocenters. The molecule has 0 heterocycles. The van der Waals surface area contributed by atoms with Crippen LogP contribution in [0.4, 0.5) is 0 Å². The molecular formula is C3H5NO2Se2. The first-order valence-electron chi connectivity index (χ1n) is 1.92. The summed E-state index contributed by atoms with van der Waals surface area (Å²) in [5, 5.41) is 8.27. The number of carbonyl (C=O) groups is 1. The summed E-state index contributed by atoms with van der Waals surface area (Å²) in [6, 6.07) is -0.491. The predicted molar refractivity (Wildman–Crippen MR) is 28.9 cm³/mol. The third-order valence-electron chi connectivity index (χ3n) is 0.674. The molecule has 0 aromatic rings. The van der Waals surface area contributed by atoms with Crippen molar-refractivity contribution in [2.45, 2.75) is 13.0 Å². The van der Waals surface area contributed by atoms with E-state index in [0.717, 1.165) is 0 Å². The van der Waals surface area contributed by atoms with Crippen molar-refractivity contribution in [3.05, 3.63) is 0 Å². The van der Waals surface area contributed by atoms with Gasteiger partial charge in [0.25, 0.3) is 0 Å². The maximum absolute atomic E-state index is 10.1. The van der Waals surface area contributed by atoms with E-state index in [2.05, 4.69) is 32.0 Å². The van der Waals surface area contributed by atoms with Crippen molar-refractivity contribution in [1.82, 2.24) is 0 Å². The Kier molecular flexibility index (Phi) is 3.49. The van der Waals surface area contributed by atoms with Crippen molar-refractivity contribution in [3.63, 3.8) is 0 Å². The molecule has 5 heteroatoms. The number of carboxylic acids is 1. The summed E-state index contributed by atoms with van der Waals surface area (Å²) in [6.07, 6.45) is 0. The van der Waals surface area contributed by atoms with Crippen molar-refractivity contribution in [3.8, 4) is 0 Å². The van der Waals surface area contributed by atoms with Gasteiger partial charge < -0.3 is 0 Å². The van der Waals surface area contributed by atoms with E-state index in [9.17, 15) is 4.79 Å². The topological polar surface area (TPSA) is 40.3 Å². The standard InChI is InChI=1S/C3H5NO2Se2/c1-2(3(5)6)4(7)8/h2H,1H3,(H,5,6). The van der Waals surface area contributed by atoms with E-state index in [4.69, 9.17) is 5.11 Å². The van der Waals surface area contributed by atoms with Gasteiger partial charge in [0.2, 0.25) is 0 Å². The second-order valence-electron chi connectivity index (χ2n) is 1.30. The molecule has 0 amide bonds. The van der Waals surface area contributed by atoms with E-state index < -0.39 is 12.0 Å². The summed E-state index contributed by atoms with van der Waals surface area (Å²) in [5.74, 6) is -0.845. The van der Waals surface area contributed by atoms with Crippen LogP contribution in [0.15, 0.2) is 0 Å². The molecule has 0 radical (unpaired) electrons. The molecule has 0 aliphatic rings. The average Bonchev–Trinajstić information content (AvgIpc) is 1.64. The molecule has 0 aromatic carbocycles. The molecule has 0 fully saturated rings. The molecule has 1 atom stereocenters. The van der Waals surface area contributed by atoms with E-state index in [-0.39, 0.29) is 0 Å². The van der Waals surface area contributed by atoms with Crippen molar-refractivity contribution in [2.75, 3.05) is 0 Å². The van der Waals surface area contributed by atoms with Crippen molar-refractivity contribution < 1.29 is 12.5 Å². The molecular weight excluding hydrogens is 240 g/mol. The van der Waals surface area contributed by atoms with Crippen LogP contribution in [0.5, 0.6) is 0 Å². The van der Waals surface area contributed by atoms with Crippen LogP contribution in [0.2, 0.25) is 0 Å². The second kappa shape index (κ2) is 3.36. The number of hydrogen-bond donors (Lipinski definition) is 1. The van der Waals surface area contributed by atoms with Crippen LogP contribution >= 0.6 is 0 Å². The molecule has 1 N–H and O–H groups in total. The molecule has 3 nitrogen and oxygen atoms in total. The Balaban J connectivity index is 3.83. The zero-order valence-electron chi connectivity index (χ0n) is 4.20. The van der Waals surface area contributed by atoms with Gasteiger partial charge in [-0.1, -0.05) is 0 Å². The molecule has 0 rings (SSSR count). The van der Waals surface area contributed by atoms with Gasteiger partial charge >= 0.3 is 63.4 Å². The molecule has 0 spiro atoms. The molecule has 0 aromatic heterocycles. The van der Waals surface area contributed by atoms with Crippen LogP contribution < -0.4 is 0 Å². The Morgan fingerprint density at radius 1 is 2.00 bits per heavy atom. The fraction of sp³-hybridized carbons (Fsp3) is 0.667. The normalized spacial score (nSPS) is 12.6. The van der Waals surface area contributed by atoms with Crippen molar-refractivity contribution in [1.29, 1.82) is 0 Å². The number of hydrogen-bond acceptors (Lipinski definition) is 1. The van der Waals surface area contributed by atoms with E-state index in [1.54, 1.807) is 6.92 Å². The van der Waals surface area contributed by atoms with Crippen LogP contribution in [0, 0.1) is 0 Å². The molecule has 46 valence electrons. The van der Waals surface area contributed by atoms with Crippen LogP contribution in [0.1, 0.15) is 6.92 Å². The Morgan fingerprint density at radius 2 is 2.38 bits per heavy atom. The van der Waals surface area contributed by atoms with Crippen LogP contribution in [0.3, 0.4) is 0 Å². The number of aliphatic carboxylic acids is 1. The summed E-state index contributed by atoms with van der Waals surface area (Å²) >= 11 is 5.04. The van der Waals surface area contributed by atoms with Crippen LogP contribution in [-0.2, 0) is 4.79 Å². The second-order valence-corrected chi connectivity index (χ2v) is 4.12. The van der Waals surface area contributed by atoms with E-state index in [1.807, 2.05) is 0 Å². The Hall–Kier alpha value is 0.309. The number of rotatable bonds is 2. The van der Waals surface area contributed by atoms with Gasteiger partial charge in [-0.05, 0) is 0 Å². The van der Waals surface area contributed by atoms with Gasteiger partial charge in [-0.2, -0.15) is 0 Å². The molecule has 0 aliphatic heterocycles. The van der Waals surface area contributed by atoms with Gasteiger partial charge in [0.1, 0.15) is 0 Å². The number of nitrogens with zero attached hydrogens (tertiary/aromatic N) is 1. The maximum atomic E-state index is 10.1. The summed E-state index contributed by atoms with van der Waals surface area (Å²) in [4.78, 5) is 10.1. The first kappa shape index (κ1) is 8.31. The average molecular weight is 245 g/mol. The summed E-state index contributed by atoms with van der Waals surface area (Å²) < 4.78 is 1.39. The summed E-state index contributed by atoms with van der Waals surface area (Å²) in [7, 11) is 0. The molecule has 8 heavy (non-hydrogen) atoms. The molecule has 0 bridgehead atoms. The van der Waals surface area contributed by atoms with E-state index in [0.29, 0.717) is 0 Å². The zero-order chi connectivity index (χ0) is 6.73. The quantitative estimate of drug-likeness (QED) is 0.628. The van der Waals surface area contributed by atoms with Gasteiger partial charge in [0.05, 0.1) is 0 Å². The van der Waals surface area contributed by atoms with E-state index in [1.165, 1.54) is 2.56 Å². The van der Waals surface area contributed by atoms with Crippen LogP contribution in [-0.4, -0.2) is 51.7 Å². The third kappa shape index (κ3) is 2.58. The van der Waals surface area contributed by atoms with Gasteiger partial charge in [0.15, 0.2) is 0 Å². The first-order chi connectivity index (χ1) is 3.55. The fourth-order valence-corrected chi connectivity index (χ4v) is 0.469. The Morgan fingerprint density at radius 3 is 2.38 bits per heavy atom. The van der Waals surface area contributed by atoms with Gasteiger partial charge in [0, 0.05) is 0 Å². The monoisotopic (exact) mass is 247 g/mol. The molecule has 0 aliphatic carbocycles. The first-order valence-corrected chi connectivity index (χ1v) is 3.45. The number of carboxylic acid groups (broad SMARTS) is 1. The van der Waals surface area contributed by atoms with Crippen molar-refractivity contribution >= 4 is 38.0 Å². The molecule has 0 saturated carbocycles. The third-order valence-corrected chi connectivity index (χ3v) is 2.00. The minimum absolute atomic E-state index is 0.491. The SMILES string of the molecule is CC(C(=O)O)[N+](=[Se])[Se-]. The predicted octanol–water partition coefficient (Wildman–Crippen LogP) is -1.09. The Labute approximate surface area is 63.7 Å². The molecule has 0 saturated heterocycles.